The maximum absolute atomic E-state index is 12.7. The SMILES string of the molecule is C[C@H]1OCCN[C@@H]1C(=O)N1CCCN(c2cccnn2)CC1.Cl. The lowest BCUT2D eigenvalue weighted by atomic mass is 10.1. The third-order valence-electron chi connectivity index (χ3n) is 4.27. The Morgan fingerprint density at radius 3 is 2.96 bits per heavy atom. The summed E-state index contributed by atoms with van der Waals surface area (Å²) in [5.74, 6) is 1.03. The fraction of sp³-hybridized carbons (Fsp3) is 0.667. The van der Waals surface area contributed by atoms with E-state index in [2.05, 4.69) is 20.4 Å². The summed E-state index contributed by atoms with van der Waals surface area (Å²) >= 11 is 0. The van der Waals surface area contributed by atoms with Crippen LogP contribution in [0.25, 0.3) is 0 Å². The van der Waals surface area contributed by atoms with Gasteiger partial charge in [0.15, 0.2) is 5.82 Å². The molecule has 3 rings (SSSR count). The van der Waals surface area contributed by atoms with Gasteiger partial charge in [-0.2, -0.15) is 5.10 Å². The minimum absolute atomic E-state index is 0. The zero-order chi connectivity index (χ0) is 15.4. The van der Waals surface area contributed by atoms with Crippen LogP contribution in [0.4, 0.5) is 5.82 Å². The molecule has 0 radical (unpaired) electrons. The van der Waals surface area contributed by atoms with Gasteiger partial charge < -0.3 is 19.9 Å². The Bertz CT molecular complexity index is 504. The van der Waals surface area contributed by atoms with E-state index in [0.29, 0.717) is 13.2 Å². The number of halogens is 1. The summed E-state index contributed by atoms with van der Waals surface area (Å²) in [4.78, 5) is 16.8. The molecule has 2 aliphatic heterocycles. The van der Waals surface area contributed by atoms with E-state index >= 15 is 0 Å². The van der Waals surface area contributed by atoms with E-state index in [4.69, 9.17) is 4.74 Å². The molecule has 2 aliphatic rings. The second-order valence-electron chi connectivity index (χ2n) is 5.76. The van der Waals surface area contributed by atoms with E-state index in [1.54, 1.807) is 6.20 Å². The number of hydrogen-bond donors (Lipinski definition) is 1. The number of carbonyl (C=O) groups is 1. The lowest BCUT2D eigenvalue weighted by molar-refractivity contribution is -0.139. The van der Waals surface area contributed by atoms with Gasteiger partial charge in [-0.15, -0.1) is 17.5 Å². The van der Waals surface area contributed by atoms with E-state index < -0.39 is 0 Å². The highest BCUT2D eigenvalue weighted by atomic mass is 35.5. The largest absolute Gasteiger partial charge is 0.375 e. The van der Waals surface area contributed by atoms with Gasteiger partial charge in [0, 0.05) is 38.9 Å². The normalized spacial score (nSPS) is 25.4. The Kier molecular flexibility index (Phi) is 6.56. The Morgan fingerprint density at radius 1 is 1.35 bits per heavy atom. The summed E-state index contributed by atoms with van der Waals surface area (Å²) in [5.41, 5.74) is 0. The molecule has 1 amide bonds. The first-order valence-corrected chi connectivity index (χ1v) is 7.92. The van der Waals surface area contributed by atoms with Crippen molar-refractivity contribution in [3.05, 3.63) is 18.3 Å². The maximum Gasteiger partial charge on any atom is 0.242 e. The van der Waals surface area contributed by atoms with Crippen molar-refractivity contribution in [3.63, 3.8) is 0 Å². The molecule has 128 valence electrons. The molecule has 8 heteroatoms. The highest BCUT2D eigenvalue weighted by Crippen LogP contribution is 2.14. The molecule has 7 nitrogen and oxygen atoms in total. The topological polar surface area (TPSA) is 70.6 Å². The van der Waals surface area contributed by atoms with Gasteiger partial charge in [0.05, 0.1) is 12.7 Å². The van der Waals surface area contributed by atoms with Gasteiger partial charge >= 0.3 is 0 Å². The zero-order valence-corrected chi connectivity index (χ0v) is 14.2. The van der Waals surface area contributed by atoms with Crippen LogP contribution in [0.2, 0.25) is 0 Å². The number of hydrogen-bond acceptors (Lipinski definition) is 6. The van der Waals surface area contributed by atoms with Crippen LogP contribution < -0.4 is 10.2 Å². The molecule has 0 aromatic carbocycles. The molecule has 0 aliphatic carbocycles. The first kappa shape index (κ1) is 17.9. The van der Waals surface area contributed by atoms with Crippen molar-refractivity contribution in [1.29, 1.82) is 0 Å². The Hall–Kier alpha value is -1.44. The monoisotopic (exact) mass is 341 g/mol. The number of rotatable bonds is 2. The first-order chi connectivity index (χ1) is 10.8. The molecule has 23 heavy (non-hydrogen) atoms. The van der Waals surface area contributed by atoms with Gasteiger partial charge in [0.1, 0.15) is 6.04 Å². The van der Waals surface area contributed by atoms with Gasteiger partial charge in [0.2, 0.25) is 5.91 Å². The average molecular weight is 342 g/mol. The van der Waals surface area contributed by atoms with E-state index in [1.807, 2.05) is 24.0 Å². The van der Waals surface area contributed by atoms with Crippen molar-refractivity contribution < 1.29 is 9.53 Å². The molecule has 1 aromatic rings. The van der Waals surface area contributed by atoms with Crippen LogP contribution >= 0.6 is 12.4 Å². The number of nitrogens with one attached hydrogen (secondary N) is 1. The molecule has 0 spiro atoms. The number of anilines is 1. The summed E-state index contributed by atoms with van der Waals surface area (Å²) in [5, 5.41) is 11.4. The van der Waals surface area contributed by atoms with E-state index in [1.165, 1.54) is 0 Å². The van der Waals surface area contributed by atoms with Crippen LogP contribution in [-0.2, 0) is 9.53 Å². The smallest absolute Gasteiger partial charge is 0.242 e. The summed E-state index contributed by atoms with van der Waals surface area (Å²) in [6.07, 6.45) is 2.54. The van der Waals surface area contributed by atoms with E-state index in [9.17, 15) is 4.79 Å². The standard InChI is InChI=1S/C15H23N5O2.ClH/c1-12-14(16-6-11-22-12)15(21)20-8-3-7-19(9-10-20)13-4-2-5-17-18-13;/h2,4-5,12,14,16H,3,6-11H2,1H3;1H/t12-,14+;/m1./s1. The molecule has 1 aromatic heterocycles. The third-order valence-corrected chi connectivity index (χ3v) is 4.27. The molecule has 1 N–H and O–H groups in total. The fourth-order valence-corrected chi connectivity index (χ4v) is 3.04. The van der Waals surface area contributed by atoms with Crippen molar-refractivity contribution in [2.75, 3.05) is 44.2 Å². The second-order valence-corrected chi connectivity index (χ2v) is 5.76. The molecule has 0 unspecified atom stereocenters. The lowest BCUT2D eigenvalue weighted by Gasteiger charge is -2.33. The van der Waals surface area contributed by atoms with E-state index in [0.717, 1.165) is 38.4 Å². The quantitative estimate of drug-likeness (QED) is 0.835. The van der Waals surface area contributed by atoms with Gasteiger partial charge in [-0.25, -0.2) is 0 Å². The Balaban J connectivity index is 0.00000192. The molecule has 2 atom stereocenters. The van der Waals surface area contributed by atoms with Crippen molar-refractivity contribution >= 4 is 24.1 Å². The summed E-state index contributed by atoms with van der Waals surface area (Å²) < 4.78 is 5.59. The number of carbonyl (C=O) groups excluding carboxylic acids is 1. The number of aromatic nitrogens is 2. The summed E-state index contributed by atoms with van der Waals surface area (Å²) in [7, 11) is 0. The van der Waals surface area contributed by atoms with Gasteiger partial charge in [0.25, 0.3) is 0 Å². The van der Waals surface area contributed by atoms with Crippen molar-refractivity contribution in [3.8, 4) is 0 Å². The molecule has 0 saturated carbocycles. The number of morpholine rings is 1. The molecule has 3 heterocycles. The minimum atomic E-state index is -0.225. The fourth-order valence-electron chi connectivity index (χ4n) is 3.04. The van der Waals surface area contributed by atoms with Gasteiger partial charge in [-0.1, -0.05) is 0 Å². The number of amides is 1. The summed E-state index contributed by atoms with van der Waals surface area (Å²) in [6.45, 7) is 6.53. The van der Waals surface area contributed by atoms with Crippen LogP contribution in [0.1, 0.15) is 13.3 Å². The molecule has 2 fully saturated rings. The highest BCUT2D eigenvalue weighted by molar-refractivity contribution is 5.85. The van der Waals surface area contributed by atoms with Crippen LogP contribution in [0.3, 0.4) is 0 Å². The Morgan fingerprint density at radius 2 is 2.22 bits per heavy atom. The predicted octanol–water partition coefficient (Wildman–Crippen LogP) is 0.314. The van der Waals surface area contributed by atoms with Crippen LogP contribution in [0.5, 0.6) is 0 Å². The summed E-state index contributed by atoms with van der Waals surface area (Å²) in [6, 6.07) is 3.63. The van der Waals surface area contributed by atoms with E-state index in [-0.39, 0.29) is 30.5 Å². The highest BCUT2D eigenvalue weighted by Gasteiger charge is 2.32. The third kappa shape index (κ3) is 4.31. The predicted molar refractivity (Wildman–Crippen MR) is 89.9 cm³/mol. The second kappa shape index (κ2) is 8.42. The minimum Gasteiger partial charge on any atom is -0.375 e. The lowest BCUT2D eigenvalue weighted by Crippen LogP contribution is -2.56. The van der Waals surface area contributed by atoms with Crippen LogP contribution in [0, 0.1) is 0 Å². The van der Waals surface area contributed by atoms with Gasteiger partial charge in [-0.3, -0.25) is 4.79 Å². The number of nitrogens with zero attached hydrogens (tertiary/aromatic N) is 4. The van der Waals surface area contributed by atoms with Gasteiger partial charge in [-0.05, 0) is 25.5 Å². The van der Waals surface area contributed by atoms with Crippen molar-refractivity contribution in [1.82, 2.24) is 20.4 Å². The first-order valence-electron chi connectivity index (χ1n) is 7.92. The van der Waals surface area contributed by atoms with Crippen molar-refractivity contribution in [2.45, 2.75) is 25.5 Å². The van der Waals surface area contributed by atoms with Crippen LogP contribution in [-0.4, -0.2) is 72.5 Å². The molecule has 2 saturated heterocycles. The average Bonchev–Trinajstić information content (AvgIpc) is 2.81. The molecular formula is C15H24ClN5O2. The Labute approximate surface area is 142 Å². The molecular weight excluding hydrogens is 318 g/mol. The molecule has 0 bridgehead atoms. The van der Waals surface area contributed by atoms with Crippen LogP contribution in [0.15, 0.2) is 18.3 Å². The maximum atomic E-state index is 12.7. The zero-order valence-electron chi connectivity index (χ0n) is 13.4. The number of ether oxygens (including phenoxy) is 1. The van der Waals surface area contributed by atoms with Crippen molar-refractivity contribution in [2.24, 2.45) is 0 Å².